The molecule has 0 amide bonds. The van der Waals surface area contributed by atoms with Crippen molar-refractivity contribution in [3.63, 3.8) is 0 Å². The molecule has 3 aromatic heterocycles. The molecule has 74 heavy (non-hydrogen) atoms. The number of aromatic nitrogens is 6. The van der Waals surface area contributed by atoms with Crippen LogP contribution in [0.25, 0.3) is 0 Å². The summed E-state index contributed by atoms with van der Waals surface area (Å²) in [5.41, 5.74) is 2.70. The first-order chi connectivity index (χ1) is 36.3. The van der Waals surface area contributed by atoms with E-state index in [1.165, 1.54) is 46.0 Å². The summed E-state index contributed by atoms with van der Waals surface area (Å²) in [6, 6.07) is 79.9. The van der Waals surface area contributed by atoms with Crippen LogP contribution in [0.1, 0.15) is 1.43 Å². The van der Waals surface area contributed by atoms with Crippen molar-refractivity contribution in [2.45, 2.75) is 0 Å². The van der Waals surface area contributed by atoms with Gasteiger partial charge in [0.25, 0.3) is 0 Å². The highest BCUT2D eigenvalue weighted by Crippen LogP contribution is 2.44. The number of halogens is 2. The first-order valence-electron chi connectivity index (χ1n) is 23.3. The monoisotopic (exact) mass is 1080 g/mol. The zero-order chi connectivity index (χ0) is 51.0. The SMILES string of the molecule is Clc1cncc(Cl)n1.O=P(c1ccccc1)(c1ccccc1)c1cncc(P(=O)(c2ccccc2)c2ccccc2)n1.[2HH].c1ccc(P(c2ccccc2)c2cncc(P(c3ccccc3)c3ccccc3)n2)cc1. The van der Waals surface area contributed by atoms with Crippen LogP contribution in [0.4, 0.5) is 0 Å². The van der Waals surface area contributed by atoms with E-state index in [-0.39, 0.29) is 1.43 Å². The quantitative estimate of drug-likeness (QED) is 0.111. The summed E-state index contributed by atoms with van der Waals surface area (Å²) < 4.78 is 29.6. The second-order valence-corrected chi connectivity index (χ2v) is 26.7. The third kappa shape index (κ3) is 12.3. The van der Waals surface area contributed by atoms with Gasteiger partial charge in [0.15, 0.2) is 14.3 Å². The highest BCUT2D eigenvalue weighted by Gasteiger charge is 2.36. The molecule has 0 saturated carbocycles. The Morgan fingerprint density at radius 2 is 0.541 bits per heavy atom. The van der Waals surface area contributed by atoms with Gasteiger partial charge in [0.1, 0.15) is 21.2 Å². The van der Waals surface area contributed by atoms with Crippen LogP contribution in [-0.4, -0.2) is 29.9 Å². The Kier molecular flexibility index (Phi) is 17.7. The number of hydrogen-bond donors (Lipinski definition) is 0. The Labute approximate surface area is 445 Å². The van der Waals surface area contributed by atoms with Crippen molar-refractivity contribution in [3.8, 4) is 0 Å². The van der Waals surface area contributed by atoms with Crippen LogP contribution >= 0.6 is 53.3 Å². The second-order valence-electron chi connectivity index (χ2n) is 16.2. The van der Waals surface area contributed by atoms with Gasteiger partial charge in [-0.2, -0.15) is 0 Å². The molecule has 8 nitrogen and oxygen atoms in total. The van der Waals surface area contributed by atoms with Gasteiger partial charge in [0.05, 0.1) is 48.1 Å². The first kappa shape index (κ1) is 51.8. The van der Waals surface area contributed by atoms with Crippen LogP contribution in [0.2, 0.25) is 10.3 Å². The van der Waals surface area contributed by atoms with E-state index in [0.29, 0.717) is 42.4 Å². The van der Waals surface area contributed by atoms with Crippen LogP contribution in [0.5, 0.6) is 0 Å². The summed E-state index contributed by atoms with van der Waals surface area (Å²) >= 11 is 10.8. The summed E-state index contributed by atoms with van der Waals surface area (Å²) in [7, 11) is -8.28. The zero-order valence-electron chi connectivity index (χ0n) is 39.6. The van der Waals surface area contributed by atoms with E-state index in [2.05, 4.69) is 136 Å². The molecule has 0 atom stereocenters. The Balaban J connectivity index is 0.000000172. The molecule has 0 aliphatic carbocycles. The summed E-state index contributed by atoms with van der Waals surface area (Å²) in [6.45, 7) is 0. The Morgan fingerprint density at radius 3 is 0.797 bits per heavy atom. The van der Waals surface area contributed by atoms with Gasteiger partial charge in [0.2, 0.25) is 0 Å². The summed E-state index contributed by atoms with van der Waals surface area (Å²) in [6.07, 6.45) is 9.80. The van der Waals surface area contributed by atoms with Gasteiger partial charge in [-0.05, 0) is 21.2 Å². The number of rotatable bonds is 12. The molecule has 11 aromatic rings. The predicted octanol–water partition coefficient (Wildman–Crippen LogP) is 9.78. The Morgan fingerprint density at radius 1 is 0.297 bits per heavy atom. The maximum Gasteiger partial charge on any atom is 0.190 e. The molecule has 0 radical (unpaired) electrons. The Bertz CT molecular complexity index is 3220. The van der Waals surface area contributed by atoms with Gasteiger partial charge >= 0.3 is 0 Å². The van der Waals surface area contributed by atoms with E-state index in [0.717, 1.165) is 10.9 Å². The summed E-state index contributed by atoms with van der Waals surface area (Å²) in [5, 5.41) is 8.38. The average molecular weight is 1080 g/mol. The van der Waals surface area contributed by atoms with E-state index in [4.69, 9.17) is 38.2 Å². The van der Waals surface area contributed by atoms with Gasteiger partial charge in [0, 0.05) is 38.5 Å². The maximum atomic E-state index is 14.8. The Hall–Kier alpha value is -7.10. The van der Waals surface area contributed by atoms with Crippen molar-refractivity contribution in [1.29, 1.82) is 0 Å². The van der Waals surface area contributed by atoms with E-state index in [9.17, 15) is 9.13 Å². The average Bonchev–Trinajstić information content (AvgIpc) is 3.48. The number of benzene rings is 8. The van der Waals surface area contributed by atoms with Crippen molar-refractivity contribution in [2.75, 3.05) is 0 Å². The van der Waals surface area contributed by atoms with Crippen LogP contribution in [0, 0.1) is 0 Å². The molecule has 0 fully saturated rings. The van der Waals surface area contributed by atoms with Crippen molar-refractivity contribution >= 4 is 118 Å². The zero-order valence-corrected chi connectivity index (χ0v) is 44.7. The fourth-order valence-electron chi connectivity index (χ4n) is 8.04. The molecular formula is C60H48Cl2N6O2P4. The molecule has 0 unspecified atom stereocenters. The largest absolute Gasteiger partial charge is 0.307 e. The summed E-state index contributed by atoms with van der Waals surface area (Å²) in [5.74, 6) is 0. The van der Waals surface area contributed by atoms with Crippen molar-refractivity contribution in [3.05, 3.63) is 290 Å². The maximum absolute atomic E-state index is 14.8. The molecule has 0 saturated heterocycles. The highest BCUT2D eigenvalue weighted by atomic mass is 35.5. The third-order valence-electron chi connectivity index (χ3n) is 11.4. The lowest BCUT2D eigenvalue weighted by Gasteiger charge is -2.22. The normalized spacial score (nSPS) is 11.2. The highest BCUT2D eigenvalue weighted by molar-refractivity contribution is 7.86. The fourth-order valence-corrected chi connectivity index (χ4v) is 17.8. The minimum atomic E-state index is -3.35. The van der Waals surface area contributed by atoms with E-state index in [1.54, 1.807) is 0 Å². The second kappa shape index (κ2) is 25.2. The van der Waals surface area contributed by atoms with Gasteiger partial charge < -0.3 is 9.13 Å². The molecule has 14 heteroatoms. The molecule has 364 valence electrons. The molecule has 0 N–H and O–H groups in total. The van der Waals surface area contributed by atoms with Gasteiger partial charge in [-0.3, -0.25) is 15.0 Å². The smallest absolute Gasteiger partial charge is 0.190 e. The minimum Gasteiger partial charge on any atom is -0.307 e. The molecule has 0 bridgehead atoms. The van der Waals surface area contributed by atoms with Gasteiger partial charge in [-0.15, -0.1) is 0 Å². The van der Waals surface area contributed by atoms with Crippen LogP contribution in [0.15, 0.2) is 280 Å². The molecule has 3 heterocycles. The van der Waals surface area contributed by atoms with Crippen molar-refractivity contribution in [1.82, 2.24) is 29.9 Å². The molecule has 0 aliphatic heterocycles. The molecule has 0 spiro atoms. The fraction of sp³-hybridized carbons (Fsp3) is 0. The van der Waals surface area contributed by atoms with E-state index in [1.807, 2.05) is 134 Å². The lowest BCUT2D eigenvalue weighted by atomic mass is 10.4. The van der Waals surface area contributed by atoms with E-state index < -0.39 is 30.1 Å². The van der Waals surface area contributed by atoms with Crippen molar-refractivity contribution < 1.29 is 10.6 Å². The molecule has 0 aliphatic rings. The lowest BCUT2D eigenvalue weighted by Crippen LogP contribution is -2.34. The standard InChI is InChI=1S/C28H22N2O2P2.C28H22N2P2.C4H2Cl2N2.H2/c31-33(23-13-5-1-6-14-23,24-15-7-2-8-16-24)27-21-29-22-28(30-27)34(32,25-17-9-3-10-18-25)26-19-11-4-12-20-26;1-5-13-23(14-6-1)31(24-15-7-2-8-16-24)27-21-29-22-28(30-27)32(25-17-9-3-10-18-25)26-19-11-4-12-20-26;5-3-1-7-2-4(6)8-3;/h1-22H;1-22H;1-2H;1H/i;;;1+1. The topological polar surface area (TPSA) is 111 Å². The molecule has 8 aromatic carbocycles. The van der Waals surface area contributed by atoms with E-state index >= 15 is 0 Å². The van der Waals surface area contributed by atoms with Gasteiger partial charge in [-0.25, -0.2) is 15.0 Å². The molecule has 11 rings (SSSR count). The van der Waals surface area contributed by atoms with Crippen LogP contribution in [-0.2, 0) is 9.13 Å². The van der Waals surface area contributed by atoms with Crippen molar-refractivity contribution in [2.24, 2.45) is 0 Å². The minimum absolute atomic E-state index is 0. The third-order valence-corrected chi connectivity index (χ3v) is 22.2. The first-order valence-corrected chi connectivity index (χ1v) is 30.2. The number of hydrogen-bond acceptors (Lipinski definition) is 8. The van der Waals surface area contributed by atoms with Crippen LogP contribution < -0.4 is 64.2 Å². The van der Waals surface area contributed by atoms with Crippen LogP contribution in [0.3, 0.4) is 0 Å². The van der Waals surface area contributed by atoms with Gasteiger partial charge in [-0.1, -0.05) is 266 Å². The predicted molar refractivity (Wildman–Crippen MR) is 314 cm³/mol. The molecular weight excluding hydrogens is 1030 g/mol. The number of nitrogens with zero attached hydrogens (tertiary/aromatic N) is 6. The lowest BCUT2D eigenvalue weighted by molar-refractivity contribution is 0.591. The summed E-state index contributed by atoms with van der Waals surface area (Å²) in [4.78, 5) is 26.5.